The van der Waals surface area contributed by atoms with E-state index in [0.717, 1.165) is 4.47 Å². The van der Waals surface area contributed by atoms with Gasteiger partial charge in [0.15, 0.2) is 0 Å². The molecule has 0 aliphatic rings. The lowest BCUT2D eigenvalue weighted by molar-refractivity contribution is 1.59. The van der Waals surface area contributed by atoms with Gasteiger partial charge in [-0.1, -0.05) is 107 Å². The Labute approximate surface area is 181 Å². The summed E-state index contributed by atoms with van der Waals surface area (Å²) in [5, 5.41) is 2.52. The number of hydrogen-bond donors (Lipinski definition) is 0. The van der Waals surface area contributed by atoms with E-state index in [4.69, 9.17) is 0 Å². The highest BCUT2D eigenvalue weighted by Crippen LogP contribution is 2.37. The van der Waals surface area contributed by atoms with E-state index in [0.29, 0.717) is 0 Å². The van der Waals surface area contributed by atoms with Crippen molar-refractivity contribution in [3.63, 3.8) is 0 Å². The quantitative estimate of drug-likeness (QED) is 0.298. The summed E-state index contributed by atoms with van der Waals surface area (Å²) in [5.41, 5.74) is 7.43. The normalized spacial score (nSPS) is 11.7. The molecule has 0 unspecified atom stereocenters. The molecule has 0 amide bonds. The van der Waals surface area contributed by atoms with Crippen molar-refractivity contribution in [2.75, 3.05) is 0 Å². The summed E-state index contributed by atoms with van der Waals surface area (Å²) in [6, 6.07) is 28.6. The van der Waals surface area contributed by atoms with Crippen LogP contribution in [0.25, 0.3) is 45.2 Å². The minimum absolute atomic E-state index is 1.09. The molecule has 29 heavy (non-hydrogen) atoms. The molecule has 0 atom stereocenters. The Morgan fingerprint density at radius 3 is 1.52 bits per heavy atom. The van der Waals surface area contributed by atoms with Gasteiger partial charge in [-0.3, -0.25) is 0 Å². The van der Waals surface area contributed by atoms with Gasteiger partial charge in [0, 0.05) is 4.47 Å². The predicted molar refractivity (Wildman–Crippen MR) is 132 cm³/mol. The second-order valence-corrected chi connectivity index (χ2v) is 8.01. The first-order chi connectivity index (χ1) is 14.2. The molecule has 4 rings (SSSR count). The van der Waals surface area contributed by atoms with Gasteiger partial charge in [-0.05, 0) is 70.1 Å². The lowest BCUT2D eigenvalue weighted by atomic mass is 9.91. The number of allylic oxidation sites excluding steroid dienone is 2. The fourth-order valence-electron chi connectivity index (χ4n) is 3.76. The third kappa shape index (κ3) is 4.11. The van der Waals surface area contributed by atoms with Crippen LogP contribution in [0, 0.1) is 0 Å². The van der Waals surface area contributed by atoms with Crippen molar-refractivity contribution in [1.29, 1.82) is 0 Å². The van der Waals surface area contributed by atoms with Crippen LogP contribution in [0.3, 0.4) is 0 Å². The Morgan fingerprint density at radius 2 is 1.03 bits per heavy atom. The van der Waals surface area contributed by atoms with Gasteiger partial charge < -0.3 is 0 Å². The SMILES string of the molecule is C/C=C/c1ccc(-c2ccc(-c3ccc(/C=C/C)cc3)c3cc(Br)ccc23)cc1. The standard InChI is InChI=1S/C28H23Br/c1-3-5-20-7-11-22(12-8-20)25-17-18-26(28-19-24(29)15-16-27(25)28)23-13-9-21(6-4-2)10-14-23/h3-19H,1-2H3/b5-3+,6-4+. The van der Waals surface area contributed by atoms with Crippen LogP contribution in [-0.2, 0) is 0 Å². The third-order valence-corrected chi connectivity index (χ3v) is 5.63. The van der Waals surface area contributed by atoms with E-state index in [-0.39, 0.29) is 0 Å². The van der Waals surface area contributed by atoms with Crippen LogP contribution in [0.15, 0.2) is 95.5 Å². The van der Waals surface area contributed by atoms with Crippen molar-refractivity contribution in [2.24, 2.45) is 0 Å². The minimum atomic E-state index is 1.09. The number of rotatable bonds is 4. The average molecular weight is 439 g/mol. The topological polar surface area (TPSA) is 0 Å². The molecule has 0 spiro atoms. The van der Waals surface area contributed by atoms with E-state index in [1.54, 1.807) is 0 Å². The third-order valence-electron chi connectivity index (χ3n) is 5.14. The van der Waals surface area contributed by atoms with Gasteiger partial charge >= 0.3 is 0 Å². The molecule has 4 aromatic carbocycles. The molecule has 0 nitrogen and oxygen atoms in total. The summed E-state index contributed by atoms with van der Waals surface area (Å²) in [6.45, 7) is 4.09. The summed E-state index contributed by atoms with van der Waals surface area (Å²) in [7, 11) is 0. The molecular formula is C28H23Br. The molecule has 0 fully saturated rings. The van der Waals surface area contributed by atoms with Gasteiger partial charge in [-0.15, -0.1) is 0 Å². The summed E-state index contributed by atoms with van der Waals surface area (Å²) >= 11 is 3.66. The van der Waals surface area contributed by atoms with Crippen LogP contribution in [0.4, 0.5) is 0 Å². The van der Waals surface area contributed by atoms with E-state index in [1.165, 1.54) is 44.2 Å². The van der Waals surface area contributed by atoms with E-state index in [1.807, 2.05) is 13.8 Å². The van der Waals surface area contributed by atoms with Crippen LogP contribution in [0.5, 0.6) is 0 Å². The zero-order valence-corrected chi connectivity index (χ0v) is 18.3. The summed E-state index contributed by atoms with van der Waals surface area (Å²) < 4.78 is 1.09. The van der Waals surface area contributed by atoms with Crippen molar-refractivity contribution in [2.45, 2.75) is 13.8 Å². The second kappa shape index (κ2) is 8.63. The Bertz CT molecular complexity index is 1190. The van der Waals surface area contributed by atoms with Gasteiger partial charge in [0.2, 0.25) is 0 Å². The fourth-order valence-corrected chi connectivity index (χ4v) is 4.12. The van der Waals surface area contributed by atoms with Crippen LogP contribution in [-0.4, -0.2) is 0 Å². The average Bonchev–Trinajstić information content (AvgIpc) is 2.75. The van der Waals surface area contributed by atoms with Gasteiger partial charge in [-0.25, -0.2) is 0 Å². The lowest BCUT2D eigenvalue weighted by Crippen LogP contribution is -1.87. The largest absolute Gasteiger partial charge is 0.0871 e. The molecule has 0 aliphatic carbocycles. The van der Waals surface area contributed by atoms with Crippen LogP contribution >= 0.6 is 15.9 Å². The Balaban J connectivity index is 1.86. The van der Waals surface area contributed by atoms with Gasteiger partial charge in [0.25, 0.3) is 0 Å². The molecular weight excluding hydrogens is 416 g/mol. The molecule has 0 aliphatic heterocycles. The molecule has 0 radical (unpaired) electrons. The van der Waals surface area contributed by atoms with Crippen molar-refractivity contribution in [3.05, 3.63) is 107 Å². The first-order valence-corrected chi connectivity index (χ1v) is 10.7. The number of halogens is 1. The minimum Gasteiger partial charge on any atom is -0.0871 e. The monoisotopic (exact) mass is 438 g/mol. The smallest absolute Gasteiger partial charge is 0.0181 e. The molecule has 1 heteroatoms. The maximum atomic E-state index is 3.66. The summed E-state index contributed by atoms with van der Waals surface area (Å²) in [6.07, 6.45) is 8.38. The van der Waals surface area contributed by atoms with Crippen molar-refractivity contribution in [1.82, 2.24) is 0 Å². The molecule has 0 saturated heterocycles. The number of fused-ring (bicyclic) bond motifs is 1. The molecule has 142 valence electrons. The van der Waals surface area contributed by atoms with E-state index in [9.17, 15) is 0 Å². The molecule has 0 saturated carbocycles. The first-order valence-electron chi connectivity index (χ1n) is 9.88. The zero-order chi connectivity index (χ0) is 20.2. The highest BCUT2D eigenvalue weighted by molar-refractivity contribution is 9.10. The highest BCUT2D eigenvalue weighted by atomic mass is 79.9. The summed E-state index contributed by atoms with van der Waals surface area (Å²) in [5.74, 6) is 0. The number of hydrogen-bond acceptors (Lipinski definition) is 0. The zero-order valence-electron chi connectivity index (χ0n) is 16.7. The molecule has 4 aromatic rings. The Morgan fingerprint density at radius 1 is 0.552 bits per heavy atom. The van der Waals surface area contributed by atoms with Crippen molar-refractivity contribution in [3.8, 4) is 22.3 Å². The van der Waals surface area contributed by atoms with Gasteiger partial charge in [0.1, 0.15) is 0 Å². The van der Waals surface area contributed by atoms with Crippen LogP contribution in [0.2, 0.25) is 0 Å². The molecule has 0 heterocycles. The molecule has 0 aromatic heterocycles. The van der Waals surface area contributed by atoms with Gasteiger partial charge in [0.05, 0.1) is 0 Å². The van der Waals surface area contributed by atoms with E-state index in [2.05, 4.69) is 119 Å². The van der Waals surface area contributed by atoms with Crippen LogP contribution in [0.1, 0.15) is 25.0 Å². The Hall–Kier alpha value is -2.90. The van der Waals surface area contributed by atoms with Crippen molar-refractivity contribution < 1.29 is 0 Å². The first kappa shape index (κ1) is 19.4. The maximum absolute atomic E-state index is 3.66. The van der Waals surface area contributed by atoms with Crippen LogP contribution < -0.4 is 0 Å². The molecule has 0 bridgehead atoms. The molecule has 0 N–H and O–H groups in total. The highest BCUT2D eigenvalue weighted by Gasteiger charge is 2.10. The summed E-state index contributed by atoms with van der Waals surface area (Å²) in [4.78, 5) is 0. The van der Waals surface area contributed by atoms with Crippen molar-refractivity contribution >= 4 is 38.9 Å². The fraction of sp³-hybridized carbons (Fsp3) is 0.0714. The maximum Gasteiger partial charge on any atom is 0.0181 e. The van der Waals surface area contributed by atoms with E-state index >= 15 is 0 Å². The predicted octanol–water partition coefficient (Wildman–Crippen LogP) is 9.00. The van der Waals surface area contributed by atoms with Gasteiger partial charge in [-0.2, -0.15) is 0 Å². The number of benzene rings is 4. The second-order valence-electron chi connectivity index (χ2n) is 7.09. The van der Waals surface area contributed by atoms with E-state index < -0.39 is 0 Å². The lowest BCUT2D eigenvalue weighted by Gasteiger charge is -2.13. The Kier molecular flexibility index (Phi) is 5.78.